The molecule has 1 atom stereocenters. The van der Waals surface area contributed by atoms with E-state index in [2.05, 4.69) is 10.2 Å². The molecule has 1 aliphatic heterocycles. The van der Waals surface area contributed by atoms with Gasteiger partial charge in [0.1, 0.15) is 5.82 Å². The number of halogens is 1. The topological polar surface area (TPSA) is 58.4 Å². The van der Waals surface area contributed by atoms with Gasteiger partial charge < -0.3 is 11.1 Å². The molecule has 4 nitrogen and oxygen atoms in total. The van der Waals surface area contributed by atoms with Crippen molar-refractivity contribution in [3.63, 3.8) is 0 Å². The van der Waals surface area contributed by atoms with Crippen LogP contribution in [0, 0.1) is 12.7 Å². The van der Waals surface area contributed by atoms with Gasteiger partial charge >= 0.3 is 0 Å². The number of likely N-dealkylation sites (tertiary alicyclic amines) is 1. The first kappa shape index (κ1) is 14.0. The number of nitrogens with zero attached hydrogens (tertiary/aromatic N) is 1. The summed E-state index contributed by atoms with van der Waals surface area (Å²) < 4.78 is 13.4. The summed E-state index contributed by atoms with van der Waals surface area (Å²) in [4.78, 5) is 14.0. The molecule has 0 saturated carbocycles. The van der Waals surface area contributed by atoms with Gasteiger partial charge in [-0.1, -0.05) is 6.07 Å². The Kier molecular flexibility index (Phi) is 4.50. The minimum atomic E-state index is -0.307. The van der Waals surface area contributed by atoms with E-state index in [-0.39, 0.29) is 11.7 Å². The molecule has 1 heterocycles. The first-order chi connectivity index (χ1) is 9.10. The summed E-state index contributed by atoms with van der Waals surface area (Å²) in [5.41, 5.74) is 6.73. The standard InChI is InChI=1S/C14H20FN3O/c1-10-4-5-11(7-13(10)15)17-14(19)9-18-6-2-3-12(18)8-16/h4-5,7,12H,2-3,6,8-9,16H2,1H3,(H,17,19). The lowest BCUT2D eigenvalue weighted by Gasteiger charge is -2.22. The Labute approximate surface area is 112 Å². The predicted octanol–water partition coefficient (Wildman–Crippen LogP) is 1.50. The summed E-state index contributed by atoms with van der Waals surface area (Å²) in [5, 5.41) is 2.72. The monoisotopic (exact) mass is 265 g/mol. The largest absolute Gasteiger partial charge is 0.329 e. The fourth-order valence-corrected chi connectivity index (χ4v) is 2.43. The predicted molar refractivity (Wildman–Crippen MR) is 73.4 cm³/mol. The molecule has 2 rings (SSSR count). The molecule has 1 saturated heterocycles. The van der Waals surface area contributed by atoms with E-state index >= 15 is 0 Å². The lowest BCUT2D eigenvalue weighted by molar-refractivity contribution is -0.117. The fraction of sp³-hybridized carbons (Fsp3) is 0.500. The molecule has 1 aliphatic rings. The first-order valence-corrected chi connectivity index (χ1v) is 6.60. The maximum atomic E-state index is 13.4. The van der Waals surface area contributed by atoms with Crippen LogP contribution in [0.5, 0.6) is 0 Å². The van der Waals surface area contributed by atoms with Gasteiger partial charge in [0.05, 0.1) is 6.54 Å². The normalized spacial score (nSPS) is 19.6. The molecular formula is C14H20FN3O. The molecule has 104 valence electrons. The third-order valence-electron chi connectivity index (χ3n) is 3.57. The van der Waals surface area contributed by atoms with E-state index < -0.39 is 0 Å². The van der Waals surface area contributed by atoms with E-state index in [1.165, 1.54) is 6.07 Å². The number of rotatable bonds is 4. The molecule has 0 aromatic heterocycles. The van der Waals surface area contributed by atoms with E-state index in [1.807, 2.05) is 0 Å². The summed E-state index contributed by atoms with van der Waals surface area (Å²) in [5.74, 6) is -0.428. The van der Waals surface area contributed by atoms with Gasteiger partial charge in [-0.15, -0.1) is 0 Å². The highest BCUT2D eigenvalue weighted by molar-refractivity contribution is 5.92. The summed E-state index contributed by atoms with van der Waals surface area (Å²) in [6.07, 6.45) is 2.12. The average Bonchev–Trinajstić information content (AvgIpc) is 2.81. The van der Waals surface area contributed by atoms with E-state index in [9.17, 15) is 9.18 Å². The van der Waals surface area contributed by atoms with Crippen molar-refractivity contribution in [2.45, 2.75) is 25.8 Å². The number of hydrogen-bond donors (Lipinski definition) is 2. The average molecular weight is 265 g/mol. The van der Waals surface area contributed by atoms with Crippen LogP contribution in [0.15, 0.2) is 18.2 Å². The van der Waals surface area contributed by atoms with Crippen LogP contribution >= 0.6 is 0 Å². The number of carbonyl (C=O) groups is 1. The van der Waals surface area contributed by atoms with Crippen molar-refractivity contribution < 1.29 is 9.18 Å². The zero-order chi connectivity index (χ0) is 13.8. The zero-order valence-electron chi connectivity index (χ0n) is 11.2. The van der Waals surface area contributed by atoms with E-state index in [4.69, 9.17) is 5.73 Å². The Balaban J connectivity index is 1.92. The number of benzene rings is 1. The Morgan fingerprint density at radius 1 is 1.58 bits per heavy atom. The molecule has 1 aromatic carbocycles. The van der Waals surface area contributed by atoms with Gasteiger partial charge in [-0.25, -0.2) is 4.39 Å². The highest BCUT2D eigenvalue weighted by Crippen LogP contribution is 2.17. The number of nitrogens with one attached hydrogen (secondary N) is 1. The van der Waals surface area contributed by atoms with Crippen molar-refractivity contribution in [2.75, 3.05) is 25.0 Å². The maximum absolute atomic E-state index is 13.4. The Morgan fingerprint density at radius 2 is 2.37 bits per heavy atom. The molecule has 0 bridgehead atoms. The van der Waals surface area contributed by atoms with E-state index in [0.717, 1.165) is 19.4 Å². The number of anilines is 1. The number of nitrogens with two attached hydrogens (primary N) is 1. The molecule has 5 heteroatoms. The Bertz CT molecular complexity index is 464. The number of aryl methyl sites for hydroxylation is 1. The van der Waals surface area contributed by atoms with Crippen LogP contribution in [0.4, 0.5) is 10.1 Å². The van der Waals surface area contributed by atoms with Gasteiger partial charge in [-0.05, 0) is 44.0 Å². The SMILES string of the molecule is Cc1ccc(NC(=O)CN2CCCC2CN)cc1F. The second kappa shape index (κ2) is 6.12. The summed E-state index contributed by atoms with van der Waals surface area (Å²) in [6, 6.07) is 5.00. The molecule has 1 fully saturated rings. The van der Waals surface area contributed by atoms with Gasteiger partial charge in [-0.3, -0.25) is 9.69 Å². The first-order valence-electron chi connectivity index (χ1n) is 6.60. The fourth-order valence-electron chi connectivity index (χ4n) is 2.43. The van der Waals surface area contributed by atoms with Gasteiger partial charge in [0.2, 0.25) is 5.91 Å². The van der Waals surface area contributed by atoms with Crippen molar-refractivity contribution in [3.8, 4) is 0 Å². The van der Waals surface area contributed by atoms with Crippen molar-refractivity contribution in [1.82, 2.24) is 4.90 Å². The quantitative estimate of drug-likeness (QED) is 0.867. The lowest BCUT2D eigenvalue weighted by Crippen LogP contribution is -2.40. The minimum absolute atomic E-state index is 0.122. The lowest BCUT2D eigenvalue weighted by atomic mass is 10.2. The molecular weight excluding hydrogens is 245 g/mol. The van der Waals surface area contributed by atoms with Crippen LogP contribution < -0.4 is 11.1 Å². The van der Waals surface area contributed by atoms with Crippen LogP contribution in [-0.4, -0.2) is 36.5 Å². The molecule has 1 unspecified atom stereocenters. The summed E-state index contributed by atoms with van der Waals surface area (Å²) >= 11 is 0. The van der Waals surface area contributed by atoms with Crippen molar-refractivity contribution in [3.05, 3.63) is 29.6 Å². The molecule has 0 spiro atoms. The second-order valence-corrected chi connectivity index (χ2v) is 5.01. The number of hydrogen-bond acceptors (Lipinski definition) is 3. The number of amides is 1. The summed E-state index contributed by atoms with van der Waals surface area (Å²) in [7, 11) is 0. The maximum Gasteiger partial charge on any atom is 0.238 e. The van der Waals surface area contributed by atoms with Crippen molar-refractivity contribution >= 4 is 11.6 Å². The zero-order valence-corrected chi connectivity index (χ0v) is 11.2. The molecule has 1 amide bonds. The third kappa shape index (κ3) is 3.52. The molecule has 0 radical (unpaired) electrons. The molecule has 19 heavy (non-hydrogen) atoms. The Hall–Kier alpha value is -1.46. The molecule has 0 aliphatic carbocycles. The molecule has 1 aromatic rings. The van der Waals surface area contributed by atoms with Crippen LogP contribution in [0.1, 0.15) is 18.4 Å². The van der Waals surface area contributed by atoms with Crippen LogP contribution in [0.25, 0.3) is 0 Å². The van der Waals surface area contributed by atoms with Gasteiger partial charge in [0, 0.05) is 18.3 Å². The van der Waals surface area contributed by atoms with Crippen LogP contribution in [0.2, 0.25) is 0 Å². The number of carbonyl (C=O) groups excluding carboxylic acids is 1. The van der Waals surface area contributed by atoms with E-state index in [1.54, 1.807) is 19.1 Å². The highest BCUT2D eigenvalue weighted by Gasteiger charge is 2.24. The Morgan fingerprint density at radius 3 is 3.05 bits per heavy atom. The molecule has 3 N–H and O–H groups in total. The highest BCUT2D eigenvalue weighted by atomic mass is 19.1. The smallest absolute Gasteiger partial charge is 0.238 e. The second-order valence-electron chi connectivity index (χ2n) is 5.01. The summed E-state index contributed by atoms with van der Waals surface area (Å²) in [6.45, 7) is 3.48. The van der Waals surface area contributed by atoms with Crippen molar-refractivity contribution in [2.24, 2.45) is 5.73 Å². The van der Waals surface area contributed by atoms with Gasteiger partial charge in [-0.2, -0.15) is 0 Å². The minimum Gasteiger partial charge on any atom is -0.329 e. The van der Waals surface area contributed by atoms with Gasteiger partial charge in [0.25, 0.3) is 0 Å². The van der Waals surface area contributed by atoms with Crippen LogP contribution in [0.3, 0.4) is 0 Å². The van der Waals surface area contributed by atoms with Crippen LogP contribution in [-0.2, 0) is 4.79 Å². The van der Waals surface area contributed by atoms with Gasteiger partial charge in [0.15, 0.2) is 0 Å². The van der Waals surface area contributed by atoms with E-state index in [0.29, 0.717) is 30.4 Å². The third-order valence-corrected chi connectivity index (χ3v) is 3.57. The van der Waals surface area contributed by atoms with Crippen molar-refractivity contribution in [1.29, 1.82) is 0 Å².